The summed E-state index contributed by atoms with van der Waals surface area (Å²) in [6.07, 6.45) is 1.14. The molecule has 0 aliphatic carbocycles. The number of nitrogens with one attached hydrogen (secondary N) is 1. The molecule has 1 N–H and O–H groups in total. The van der Waals surface area contributed by atoms with Crippen LogP contribution in [0.3, 0.4) is 0 Å². The van der Waals surface area contributed by atoms with E-state index >= 15 is 0 Å². The zero-order chi connectivity index (χ0) is 13.4. The summed E-state index contributed by atoms with van der Waals surface area (Å²) in [5.74, 6) is 0. The van der Waals surface area contributed by atoms with Crippen molar-refractivity contribution in [2.45, 2.75) is 33.2 Å². The van der Waals surface area contributed by atoms with E-state index < -0.39 is 0 Å². The molecule has 1 aliphatic heterocycles. The maximum Gasteiger partial charge on any atom is 0.0584 e. The second-order valence-electron chi connectivity index (χ2n) is 5.65. The lowest BCUT2D eigenvalue weighted by Gasteiger charge is -2.30. The van der Waals surface area contributed by atoms with Gasteiger partial charge in [-0.15, -0.1) is 0 Å². The summed E-state index contributed by atoms with van der Waals surface area (Å²) >= 11 is 0. The average Bonchev–Trinajstić information content (AvgIpc) is 2.38. The molecule has 0 radical (unpaired) electrons. The first-order valence-electron chi connectivity index (χ1n) is 7.06. The van der Waals surface area contributed by atoms with Crippen molar-refractivity contribution in [2.24, 2.45) is 0 Å². The number of benzene rings is 2. The normalized spacial score (nSPS) is 18.2. The van der Waals surface area contributed by atoms with Crippen molar-refractivity contribution < 1.29 is 0 Å². The van der Waals surface area contributed by atoms with Gasteiger partial charge in [0.05, 0.1) is 6.04 Å². The molecule has 1 atom stereocenters. The van der Waals surface area contributed by atoms with E-state index in [1.807, 2.05) is 0 Å². The van der Waals surface area contributed by atoms with Crippen molar-refractivity contribution >= 4 is 0 Å². The molecule has 98 valence electrons. The quantitative estimate of drug-likeness (QED) is 0.812. The molecule has 0 saturated heterocycles. The van der Waals surface area contributed by atoms with Crippen LogP contribution in [-0.2, 0) is 6.42 Å². The number of hydrogen-bond donors (Lipinski definition) is 1. The van der Waals surface area contributed by atoms with E-state index in [9.17, 15) is 0 Å². The highest BCUT2D eigenvalue weighted by Gasteiger charge is 2.23. The van der Waals surface area contributed by atoms with Crippen molar-refractivity contribution in [3.05, 3.63) is 69.8 Å². The van der Waals surface area contributed by atoms with Gasteiger partial charge >= 0.3 is 0 Å². The summed E-state index contributed by atoms with van der Waals surface area (Å²) in [5, 5.41) is 3.69. The van der Waals surface area contributed by atoms with E-state index in [0.717, 1.165) is 13.0 Å². The summed E-state index contributed by atoms with van der Waals surface area (Å²) in [6.45, 7) is 7.70. The molecule has 2 aromatic carbocycles. The second-order valence-corrected chi connectivity index (χ2v) is 5.65. The summed E-state index contributed by atoms with van der Waals surface area (Å²) in [6, 6.07) is 13.8. The van der Waals surface area contributed by atoms with Crippen LogP contribution in [0.4, 0.5) is 0 Å². The SMILES string of the molecule is Cc1cc(C)c(C2NCCc3ccccc32)c(C)c1. The van der Waals surface area contributed by atoms with Crippen molar-refractivity contribution in [1.82, 2.24) is 5.32 Å². The number of rotatable bonds is 1. The minimum Gasteiger partial charge on any atom is -0.306 e. The summed E-state index contributed by atoms with van der Waals surface area (Å²) in [4.78, 5) is 0. The largest absolute Gasteiger partial charge is 0.306 e. The van der Waals surface area contributed by atoms with Gasteiger partial charge in [0.25, 0.3) is 0 Å². The Kier molecular flexibility index (Phi) is 3.16. The van der Waals surface area contributed by atoms with Crippen molar-refractivity contribution in [3.8, 4) is 0 Å². The molecule has 1 nitrogen and oxygen atoms in total. The van der Waals surface area contributed by atoms with E-state index in [-0.39, 0.29) is 0 Å². The van der Waals surface area contributed by atoms with Crippen molar-refractivity contribution in [1.29, 1.82) is 0 Å². The molecule has 0 saturated carbocycles. The Hall–Kier alpha value is -1.60. The molecule has 0 fully saturated rings. The zero-order valence-electron chi connectivity index (χ0n) is 12.0. The van der Waals surface area contributed by atoms with Crippen LogP contribution in [0.25, 0.3) is 0 Å². The molecule has 19 heavy (non-hydrogen) atoms. The van der Waals surface area contributed by atoms with Crippen LogP contribution in [-0.4, -0.2) is 6.54 Å². The number of hydrogen-bond acceptors (Lipinski definition) is 1. The van der Waals surface area contributed by atoms with E-state index in [2.05, 4.69) is 62.5 Å². The van der Waals surface area contributed by atoms with Gasteiger partial charge in [-0.1, -0.05) is 42.0 Å². The van der Waals surface area contributed by atoms with Crippen LogP contribution < -0.4 is 5.32 Å². The first kappa shape index (κ1) is 12.4. The number of fused-ring (bicyclic) bond motifs is 1. The molecule has 0 bridgehead atoms. The van der Waals surface area contributed by atoms with Crippen molar-refractivity contribution in [2.75, 3.05) is 6.54 Å². The third kappa shape index (κ3) is 2.19. The maximum absolute atomic E-state index is 3.69. The fourth-order valence-corrected chi connectivity index (χ4v) is 3.41. The monoisotopic (exact) mass is 251 g/mol. The molecular formula is C18H21N. The Bertz CT molecular complexity index is 590. The van der Waals surface area contributed by atoms with E-state index in [4.69, 9.17) is 0 Å². The molecule has 1 aliphatic rings. The van der Waals surface area contributed by atoms with Crippen LogP contribution >= 0.6 is 0 Å². The maximum atomic E-state index is 3.69. The Labute approximate surface area is 115 Å². The predicted molar refractivity (Wildman–Crippen MR) is 80.6 cm³/mol. The average molecular weight is 251 g/mol. The lowest BCUT2D eigenvalue weighted by Crippen LogP contribution is -2.31. The van der Waals surface area contributed by atoms with Gasteiger partial charge in [0.2, 0.25) is 0 Å². The zero-order valence-corrected chi connectivity index (χ0v) is 12.0. The molecule has 0 aromatic heterocycles. The second kappa shape index (κ2) is 4.82. The van der Waals surface area contributed by atoms with E-state index in [0.29, 0.717) is 6.04 Å². The summed E-state index contributed by atoms with van der Waals surface area (Å²) in [5.41, 5.74) is 8.54. The van der Waals surface area contributed by atoms with E-state index in [1.165, 1.54) is 33.4 Å². The van der Waals surface area contributed by atoms with E-state index in [1.54, 1.807) is 0 Å². The van der Waals surface area contributed by atoms with Gasteiger partial charge in [-0.05, 0) is 55.0 Å². The molecule has 1 heterocycles. The first-order valence-corrected chi connectivity index (χ1v) is 7.06. The van der Waals surface area contributed by atoms with Crippen LogP contribution in [0.2, 0.25) is 0 Å². The fraction of sp³-hybridized carbons (Fsp3) is 0.333. The highest BCUT2D eigenvalue weighted by molar-refractivity contribution is 5.47. The Morgan fingerprint density at radius 1 is 1.00 bits per heavy atom. The highest BCUT2D eigenvalue weighted by atomic mass is 14.9. The molecule has 1 unspecified atom stereocenters. The number of aryl methyl sites for hydroxylation is 3. The van der Waals surface area contributed by atoms with Crippen molar-refractivity contribution in [3.63, 3.8) is 0 Å². The molecule has 1 heteroatoms. The Balaban J connectivity index is 2.14. The van der Waals surface area contributed by atoms with Crippen LogP contribution in [0.5, 0.6) is 0 Å². The lowest BCUT2D eigenvalue weighted by atomic mass is 9.85. The van der Waals surface area contributed by atoms with Crippen LogP contribution in [0.1, 0.15) is 39.4 Å². The standard InChI is InChI=1S/C18H21N/c1-12-10-13(2)17(14(3)11-12)18-16-7-5-4-6-15(16)8-9-19-18/h4-7,10-11,18-19H,8-9H2,1-3H3. The van der Waals surface area contributed by atoms with Gasteiger partial charge in [-0.25, -0.2) is 0 Å². The van der Waals surface area contributed by atoms with Gasteiger partial charge in [0, 0.05) is 6.54 Å². The van der Waals surface area contributed by atoms with Gasteiger partial charge < -0.3 is 5.32 Å². The molecule has 0 spiro atoms. The van der Waals surface area contributed by atoms with Gasteiger partial charge in [0.15, 0.2) is 0 Å². The third-order valence-corrected chi connectivity index (χ3v) is 4.14. The first-order chi connectivity index (χ1) is 9.16. The highest BCUT2D eigenvalue weighted by Crippen LogP contribution is 2.32. The predicted octanol–water partition coefficient (Wildman–Crippen LogP) is 3.85. The minimum absolute atomic E-state index is 0.352. The molecule has 0 amide bonds. The fourth-order valence-electron chi connectivity index (χ4n) is 3.41. The van der Waals surface area contributed by atoms with Gasteiger partial charge in [0.1, 0.15) is 0 Å². The molecule has 2 aromatic rings. The van der Waals surface area contributed by atoms with Crippen LogP contribution in [0.15, 0.2) is 36.4 Å². The molecular weight excluding hydrogens is 230 g/mol. The van der Waals surface area contributed by atoms with Gasteiger partial charge in [-0.3, -0.25) is 0 Å². The summed E-state index contributed by atoms with van der Waals surface area (Å²) < 4.78 is 0. The smallest absolute Gasteiger partial charge is 0.0584 e. The minimum atomic E-state index is 0.352. The topological polar surface area (TPSA) is 12.0 Å². The lowest BCUT2D eigenvalue weighted by molar-refractivity contribution is 0.563. The molecule has 3 rings (SSSR count). The third-order valence-electron chi connectivity index (χ3n) is 4.14. The Morgan fingerprint density at radius 2 is 1.68 bits per heavy atom. The van der Waals surface area contributed by atoms with Gasteiger partial charge in [-0.2, -0.15) is 0 Å². The Morgan fingerprint density at radius 3 is 2.42 bits per heavy atom. The van der Waals surface area contributed by atoms with Crippen LogP contribution in [0, 0.1) is 20.8 Å². The summed E-state index contributed by atoms with van der Waals surface area (Å²) in [7, 11) is 0.